The quantitative estimate of drug-likeness (QED) is 0.0524. The molecule has 0 saturated carbocycles. The molecule has 0 bridgehead atoms. The second kappa shape index (κ2) is 14.4. The van der Waals surface area contributed by atoms with Crippen molar-refractivity contribution in [3.8, 4) is 33.8 Å². The first-order chi connectivity index (χ1) is 23.4. The number of fused-ring (bicyclic) bond motifs is 2. The minimum absolute atomic E-state index is 0. The van der Waals surface area contributed by atoms with Crippen molar-refractivity contribution < 1.29 is 48.3 Å². The van der Waals surface area contributed by atoms with Gasteiger partial charge in [-0.2, -0.15) is 0 Å². The molecule has 5 aromatic rings. The van der Waals surface area contributed by atoms with E-state index in [0.29, 0.717) is 35.0 Å². The Hall–Kier alpha value is -6.07. The van der Waals surface area contributed by atoms with Crippen LogP contribution < -0.4 is 9.47 Å². The van der Waals surface area contributed by atoms with Gasteiger partial charge in [-0.25, -0.2) is 14.4 Å². The van der Waals surface area contributed by atoms with Gasteiger partial charge in [0.15, 0.2) is 13.6 Å². The van der Waals surface area contributed by atoms with Gasteiger partial charge >= 0.3 is 17.9 Å². The zero-order valence-corrected chi connectivity index (χ0v) is 26.1. The van der Waals surface area contributed by atoms with Gasteiger partial charge in [0.1, 0.15) is 17.3 Å². The van der Waals surface area contributed by atoms with Crippen molar-refractivity contribution in [2.45, 2.75) is 13.2 Å². The molecule has 49 heavy (non-hydrogen) atoms. The van der Waals surface area contributed by atoms with Crippen molar-refractivity contribution in [3.05, 3.63) is 149 Å². The maximum absolute atomic E-state index is 12.2. The number of ether oxygens (including phenoxy) is 6. The molecule has 246 valence electrons. The molecule has 0 fully saturated rings. The van der Waals surface area contributed by atoms with Crippen molar-refractivity contribution in [2.75, 3.05) is 13.6 Å². The first kappa shape index (κ1) is 32.9. The average Bonchev–Trinajstić information content (AvgIpc) is 3.27. The minimum atomic E-state index is -0.642. The van der Waals surface area contributed by atoms with Crippen LogP contribution in [0.5, 0.6) is 11.5 Å². The molecule has 7 rings (SSSR count). The lowest BCUT2D eigenvalue weighted by Crippen LogP contribution is -2.06. The molecular weight excluding hydrogens is 628 g/mol. The van der Waals surface area contributed by atoms with Gasteiger partial charge in [-0.3, -0.25) is 0 Å². The third-order valence-corrected chi connectivity index (χ3v) is 7.97. The number of hydrogen-bond acceptors (Lipinski definition) is 9. The Morgan fingerprint density at radius 2 is 1.27 bits per heavy atom. The number of cyclic esters (lactones) is 3. The maximum Gasteiger partial charge on any atom is 0.346 e. The number of hydrogen-bond donors (Lipinski definition) is 0. The summed E-state index contributed by atoms with van der Waals surface area (Å²) >= 11 is 0. The second-order valence-corrected chi connectivity index (χ2v) is 11.1. The smallest absolute Gasteiger partial charge is 0.346 e. The van der Waals surface area contributed by atoms with Crippen LogP contribution in [0, 0.1) is 0 Å². The predicted molar refractivity (Wildman–Crippen MR) is 179 cm³/mol. The van der Waals surface area contributed by atoms with Crippen molar-refractivity contribution in [2.24, 2.45) is 0 Å². The predicted octanol–water partition coefficient (Wildman–Crippen LogP) is 6.75. The van der Waals surface area contributed by atoms with Crippen LogP contribution in [0.4, 0.5) is 0 Å². The summed E-state index contributed by atoms with van der Waals surface area (Å²) in [6.07, 6.45) is 0. The Bertz CT molecular complexity index is 2030. The zero-order valence-electron chi connectivity index (χ0n) is 26.1. The van der Waals surface area contributed by atoms with Gasteiger partial charge in [0, 0.05) is 5.56 Å². The molecule has 2 N–H and O–H groups in total. The van der Waals surface area contributed by atoms with Crippen LogP contribution in [0.25, 0.3) is 28.0 Å². The topological polar surface area (TPSA) is 138 Å². The van der Waals surface area contributed by atoms with E-state index in [1.54, 1.807) is 24.3 Å². The molecule has 2 aliphatic rings. The van der Waals surface area contributed by atoms with E-state index in [1.165, 1.54) is 0 Å². The highest BCUT2D eigenvalue weighted by Crippen LogP contribution is 2.29. The Morgan fingerprint density at radius 1 is 0.653 bits per heavy atom. The van der Waals surface area contributed by atoms with E-state index in [-0.39, 0.29) is 36.8 Å². The summed E-state index contributed by atoms with van der Waals surface area (Å²) in [5.74, 6) is 0.00113. The van der Waals surface area contributed by atoms with Crippen LogP contribution in [-0.2, 0) is 32.2 Å². The normalized spacial score (nSPS) is 13.3. The highest BCUT2D eigenvalue weighted by molar-refractivity contribution is 6.14. The van der Waals surface area contributed by atoms with Gasteiger partial charge in [-0.15, -0.1) is 0 Å². The highest BCUT2D eigenvalue weighted by atomic mass is 16.7. The van der Waals surface area contributed by atoms with Crippen LogP contribution >= 0.6 is 0 Å². The monoisotopic (exact) mass is 658 g/mol. The van der Waals surface area contributed by atoms with Gasteiger partial charge in [0.05, 0.1) is 29.9 Å². The molecule has 10 nitrogen and oxygen atoms in total. The van der Waals surface area contributed by atoms with Gasteiger partial charge in [-0.05, 0) is 75.8 Å². The van der Waals surface area contributed by atoms with Crippen molar-refractivity contribution >= 4 is 23.7 Å². The summed E-state index contributed by atoms with van der Waals surface area (Å²) in [5.41, 5.74) is 7.33. The van der Waals surface area contributed by atoms with Gasteiger partial charge in [0.25, 0.3) is 0 Å². The van der Waals surface area contributed by atoms with E-state index < -0.39 is 17.9 Å². The molecule has 0 unspecified atom stereocenters. The first-order valence-corrected chi connectivity index (χ1v) is 15.1. The molecule has 0 amide bonds. The summed E-state index contributed by atoms with van der Waals surface area (Å²) in [6, 6.07) is 34.0. The Kier molecular flexibility index (Phi) is 9.63. The van der Waals surface area contributed by atoms with Gasteiger partial charge in [-0.1, -0.05) is 73.3 Å². The van der Waals surface area contributed by atoms with Crippen molar-refractivity contribution in [1.29, 1.82) is 0 Å². The SMILES string of the molecule is C=C(Oc1ccc(-c2ccc(-c3ccc(OCOCc4ccc5c(c4)C(=O)OC5=O)cc3)cc2)cc1)c1ccc2c(c1)C(=O)OCOC2.O. The van der Waals surface area contributed by atoms with Crippen LogP contribution in [0.3, 0.4) is 0 Å². The van der Waals surface area contributed by atoms with Crippen molar-refractivity contribution in [3.63, 3.8) is 0 Å². The Labute approximate surface area is 281 Å². The highest BCUT2D eigenvalue weighted by Gasteiger charge is 2.29. The fourth-order valence-corrected chi connectivity index (χ4v) is 5.40. The summed E-state index contributed by atoms with van der Waals surface area (Å²) in [6.45, 7) is 4.52. The molecule has 0 radical (unpaired) electrons. The largest absolute Gasteiger partial charge is 0.468 e. The molecule has 0 spiro atoms. The maximum atomic E-state index is 12.2. The summed E-state index contributed by atoms with van der Waals surface area (Å²) in [5, 5.41) is 0. The molecule has 0 atom stereocenters. The molecule has 0 aliphatic carbocycles. The molecular formula is C39H30O10. The van der Waals surface area contributed by atoms with Gasteiger partial charge < -0.3 is 33.9 Å². The first-order valence-electron chi connectivity index (χ1n) is 15.1. The van der Waals surface area contributed by atoms with E-state index >= 15 is 0 Å². The van der Waals surface area contributed by atoms with E-state index in [2.05, 4.69) is 35.6 Å². The fourth-order valence-electron chi connectivity index (χ4n) is 5.40. The number of carbonyl (C=O) groups is 3. The summed E-state index contributed by atoms with van der Waals surface area (Å²) in [7, 11) is 0. The molecule has 10 heteroatoms. The molecule has 0 saturated heterocycles. The molecule has 5 aromatic carbocycles. The fraction of sp³-hybridized carbons (Fsp3) is 0.103. The lowest BCUT2D eigenvalue weighted by atomic mass is 10.0. The zero-order chi connectivity index (χ0) is 33.0. The third kappa shape index (κ3) is 7.26. The molecule has 2 aliphatic heterocycles. The molecule has 0 aromatic heterocycles. The van der Waals surface area contributed by atoms with E-state index in [4.69, 9.17) is 23.7 Å². The lowest BCUT2D eigenvalue weighted by Gasteiger charge is -2.12. The van der Waals surface area contributed by atoms with Crippen molar-refractivity contribution in [1.82, 2.24) is 0 Å². The number of rotatable bonds is 10. The summed E-state index contributed by atoms with van der Waals surface area (Å²) < 4.78 is 32.3. The number of benzene rings is 5. The number of esters is 3. The van der Waals surface area contributed by atoms with Crippen LogP contribution in [0.1, 0.15) is 47.8 Å². The average molecular weight is 659 g/mol. The minimum Gasteiger partial charge on any atom is -0.468 e. The van der Waals surface area contributed by atoms with Gasteiger partial charge in [0.2, 0.25) is 0 Å². The van der Waals surface area contributed by atoms with E-state index in [1.807, 2.05) is 60.7 Å². The number of carbonyl (C=O) groups excluding carboxylic acids is 3. The van der Waals surface area contributed by atoms with Crippen LogP contribution in [-0.4, -0.2) is 37.0 Å². The lowest BCUT2D eigenvalue weighted by molar-refractivity contribution is -0.0314. The van der Waals surface area contributed by atoms with Crippen LogP contribution in [0.2, 0.25) is 0 Å². The van der Waals surface area contributed by atoms with Crippen LogP contribution in [0.15, 0.2) is 116 Å². The summed E-state index contributed by atoms with van der Waals surface area (Å²) in [4.78, 5) is 35.6. The standard InChI is InChI=1S/C39H28O9.H2O/c1-24(30-7-8-31-21-44-23-46-37(40)35(31)19-30)47-33-15-11-29(12-16-33)27-5-3-26(4-6-27)28-9-13-32(14-10-28)45-22-43-20-25-2-17-34-36(18-25)39(42)48-38(34)41;/h2-19H,1,20-23H2;1H2. The third-order valence-electron chi connectivity index (χ3n) is 7.97. The Morgan fingerprint density at radius 3 is 1.94 bits per heavy atom. The second-order valence-electron chi connectivity index (χ2n) is 11.1. The van der Waals surface area contributed by atoms with E-state index in [0.717, 1.165) is 33.4 Å². The molecule has 2 heterocycles. The Balaban J connectivity index is 0.00000417. The van der Waals surface area contributed by atoms with E-state index in [9.17, 15) is 14.4 Å².